The molecule has 10 heteroatoms. The highest BCUT2D eigenvalue weighted by molar-refractivity contribution is 8.05. The average Bonchev–Trinajstić information content (AvgIpc) is 2.98. The quantitative estimate of drug-likeness (QED) is 0.173. The summed E-state index contributed by atoms with van der Waals surface area (Å²) in [5, 5.41) is 2.67. The Morgan fingerprint density at radius 3 is 2.43 bits per heavy atom. The smallest absolute Gasteiger partial charge is 0.410 e. The molecule has 8 nitrogen and oxygen atoms in total. The number of hydrogen-bond donors (Lipinski definition) is 0. The number of methoxy groups -OCH3 is 1. The Kier molecular flexibility index (Phi) is 12.0. The molecular weight excluding hydrogens is 579 g/mol. The van der Waals surface area contributed by atoms with Gasteiger partial charge < -0.3 is 23.8 Å². The molecule has 0 spiro atoms. The van der Waals surface area contributed by atoms with E-state index in [9.17, 15) is 14.0 Å². The minimum Gasteiger partial charge on any atom is -0.466 e. The summed E-state index contributed by atoms with van der Waals surface area (Å²) in [6.45, 7) is 12.8. The Morgan fingerprint density at radius 2 is 1.84 bits per heavy atom. The van der Waals surface area contributed by atoms with Crippen molar-refractivity contribution in [2.75, 3.05) is 27.2 Å². The zero-order valence-electron chi connectivity index (χ0n) is 26.5. The van der Waals surface area contributed by atoms with Crippen LogP contribution in [0.15, 0.2) is 94.7 Å². The topological polar surface area (TPSA) is 76.4 Å². The number of carbonyl (C=O) groups excluding carboxylic acids is 2. The van der Waals surface area contributed by atoms with Crippen LogP contribution in [0, 0.1) is 5.82 Å². The van der Waals surface area contributed by atoms with E-state index >= 15 is 0 Å². The normalized spacial score (nSPS) is 14.9. The first-order chi connectivity index (χ1) is 20.8. The number of allylic oxidation sites excluding steroid dienone is 2. The minimum atomic E-state index is -0.532. The number of thioether (sulfide) groups is 1. The van der Waals surface area contributed by atoms with E-state index in [4.69, 9.17) is 14.5 Å². The van der Waals surface area contributed by atoms with Crippen molar-refractivity contribution in [2.24, 2.45) is 12.0 Å². The first-order valence-electron chi connectivity index (χ1n) is 14.1. The number of ether oxygens (including phenoxy) is 2. The third-order valence-electron chi connectivity index (χ3n) is 6.56. The van der Waals surface area contributed by atoms with Gasteiger partial charge in [0.2, 0.25) is 0 Å². The first kappa shape index (κ1) is 34.2. The number of hydrogen-bond acceptors (Lipinski definition) is 7. The van der Waals surface area contributed by atoms with Crippen LogP contribution in [0.2, 0.25) is 0 Å². The molecule has 1 aromatic heterocycles. The molecule has 0 fully saturated rings. The Labute approximate surface area is 263 Å². The highest BCUT2D eigenvalue weighted by atomic mass is 32.2. The number of benzene rings is 1. The Morgan fingerprint density at radius 1 is 1.14 bits per heavy atom. The zero-order valence-corrected chi connectivity index (χ0v) is 27.3. The van der Waals surface area contributed by atoms with E-state index < -0.39 is 11.6 Å². The number of amides is 1. The Hall–Kier alpha value is -4.31. The maximum absolute atomic E-state index is 13.3. The number of rotatable bonds is 9. The molecule has 0 atom stereocenters. The lowest BCUT2D eigenvalue weighted by atomic mass is 10.0. The van der Waals surface area contributed by atoms with Gasteiger partial charge in [0.25, 0.3) is 0 Å². The van der Waals surface area contributed by atoms with Gasteiger partial charge in [0.05, 0.1) is 17.8 Å². The van der Waals surface area contributed by atoms with Crippen molar-refractivity contribution in [2.45, 2.75) is 39.7 Å². The molecule has 0 saturated carbocycles. The molecule has 0 radical (unpaired) electrons. The highest BCUT2D eigenvalue weighted by Crippen LogP contribution is 2.26. The number of aryl methyl sites for hydroxylation is 1. The maximum atomic E-state index is 13.3. The summed E-state index contributed by atoms with van der Waals surface area (Å²) >= 11 is 1.42. The lowest BCUT2D eigenvalue weighted by Crippen LogP contribution is -2.39. The van der Waals surface area contributed by atoms with Crippen molar-refractivity contribution in [3.8, 4) is 0 Å². The van der Waals surface area contributed by atoms with Crippen molar-refractivity contribution in [1.29, 1.82) is 0 Å². The molecule has 1 amide bonds. The second-order valence-corrected chi connectivity index (χ2v) is 12.2. The van der Waals surface area contributed by atoms with Gasteiger partial charge in [-0.05, 0) is 92.1 Å². The van der Waals surface area contributed by atoms with Crippen LogP contribution in [-0.4, -0.2) is 59.3 Å². The fourth-order valence-corrected chi connectivity index (χ4v) is 4.75. The van der Waals surface area contributed by atoms with Crippen LogP contribution in [-0.2, 0) is 21.3 Å². The molecule has 0 unspecified atom stereocenters. The summed E-state index contributed by atoms with van der Waals surface area (Å²) in [6, 6.07) is 10.2. The summed E-state index contributed by atoms with van der Waals surface area (Å²) in [5.74, 6) is -0.773. The van der Waals surface area contributed by atoms with Crippen molar-refractivity contribution >= 4 is 35.0 Å². The van der Waals surface area contributed by atoms with Crippen LogP contribution < -0.4 is 5.49 Å². The fraction of sp³-hybridized carbons (Fsp3) is 0.324. The molecule has 234 valence electrons. The molecule has 0 bridgehead atoms. The molecule has 1 aliphatic rings. The number of carbonyl (C=O) groups is 2. The standard InChI is InChI=1S/C34H41FN4O4S/c1-24(26-9-12-29(35)13-10-26)23-44-25(2)37(6)22-30(14-16-32(40)42-8)36-31-15-11-28(21-38(31)7)27-17-19-39(20-18-27)33(41)43-34(3,4)5/h9-17,21-23H,2,18-20H2,1,3-8H3/b16-14+,24-23+,30-22+,36-31?. The van der Waals surface area contributed by atoms with E-state index in [1.165, 1.54) is 37.1 Å². The Bertz CT molecular complexity index is 1560. The predicted molar refractivity (Wildman–Crippen MR) is 175 cm³/mol. The molecule has 0 N–H and O–H groups in total. The molecule has 1 aliphatic heterocycles. The van der Waals surface area contributed by atoms with E-state index in [1.54, 1.807) is 29.3 Å². The van der Waals surface area contributed by atoms with Gasteiger partial charge >= 0.3 is 12.1 Å². The van der Waals surface area contributed by atoms with Gasteiger partial charge in [0.15, 0.2) is 0 Å². The second-order valence-electron chi connectivity index (χ2n) is 11.2. The van der Waals surface area contributed by atoms with Crippen molar-refractivity contribution in [1.82, 2.24) is 14.4 Å². The lowest BCUT2D eigenvalue weighted by Gasteiger charge is -2.29. The SMILES string of the molecule is C=C(S/C=C(\C)c1ccc(F)cc1)N(C)/C=C(\C=C\C(=O)OC)N=c1ccc(C2=CCN(C(=O)OC(C)(C)C)CC2)cn1C. The van der Waals surface area contributed by atoms with E-state index in [0.717, 1.165) is 27.3 Å². The third kappa shape index (κ3) is 10.4. The van der Waals surface area contributed by atoms with Crippen molar-refractivity contribution < 1.29 is 23.5 Å². The Balaban J connectivity index is 1.80. The van der Waals surface area contributed by atoms with E-state index in [2.05, 4.69) is 12.7 Å². The van der Waals surface area contributed by atoms with Gasteiger partial charge in [-0.3, -0.25) is 0 Å². The molecule has 1 aromatic carbocycles. The summed E-state index contributed by atoms with van der Waals surface area (Å²) in [6.07, 6.45) is 9.13. The fourth-order valence-electron chi connectivity index (χ4n) is 4.08. The van der Waals surface area contributed by atoms with Crippen LogP contribution in [0.3, 0.4) is 0 Å². The average molecular weight is 621 g/mol. The molecule has 44 heavy (non-hydrogen) atoms. The molecular formula is C34H41FN4O4S. The van der Waals surface area contributed by atoms with Gasteiger partial charge in [-0.25, -0.2) is 19.0 Å². The van der Waals surface area contributed by atoms with Gasteiger partial charge in [-0.2, -0.15) is 0 Å². The summed E-state index contributed by atoms with van der Waals surface area (Å²) < 4.78 is 25.5. The summed E-state index contributed by atoms with van der Waals surface area (Å²) in [7, 11) is 5.07. The number of esters is 1. The van der Waals surface area contributed by atoms with Gasteiger partial charge in [0.1, 0.15) is 16.9 Å². The third-order valence-corrected chi connectivity index (χ3v) is 7.59. The number of nitrogens with zero attached hydrogens (tertiary/aromatic N) is 4. The van der Waals surface area contributed by atoms with Crippen LogP contribution in [0.1, 0.15) is 45.2 Å². The predicted octanol–water partition coefficient (Wildman–Crippen LogP) is 6.86. The van der Waals surface area contributed by atoms with E-state index in [0.29, 0.717) is 30.7 Å². The van der Waals surface area contributed by atoms with Crippen LogP contribution in [0.5, 0.6) is 0 Å². The highest BCUT2D eigenvalue weighted by Gasteiger charge is 2.24. The molecule has 3 rings (SSSR count). The van der Waals surface area contributed by atoms with E-state index in [1.807, 2.05) is 75.0 Å². The second kappa shape index (κ2) is 15.4. The van der Waals surface area contributed by atoms with Crippen LogP contribution in [0.4, 0.5) is 9.18 Å². The van der Waals surface area contributed by atoms with Crippen molar-refractivity contribution in [3.05, 3.63) is 112 Å². The lowest BCUT2D eigenvalue weighted by molar-refractivity contribution is -0.134. The van der Waals surface area contributed by atoms with E-state index in [-0.39, 0.29) is 11.9 Å². The summed E-state index contributed by atoms with van der Waals surface area (Å²) in [5.41, 5.74) is 4.72. The maximum Gasteiger partial charge on any atom is 0.410 e. The van der Waals surface area contributed by atoms with Crippen LogP contribution >= 0.6 is 11.8 Å². The number of aromatic nitrogens is 1. The van der Waals surface area contributed by atoms with Gasteiger partial charge in [-0.1, -0.05) is 36.5 Å². The zero-order chi connectivity index (χ0) is 32.4. The number of pyridine rings is 1. The number of halogens is 1. The van der Waals surface area contributed by atoms with Crippen LogP contribution in [0.25, 0.3) is 11.1 Å². The summed E-state index contributed by atoms with van der Waals surface area (Å²) in [4.78, 5) is 32.6. The first-order valence-corrected chi connectivity index (χ1v) is 15.0. The van der Waals surface area contributed by atoms with Gasteiger partial charge in [-0.15, -0.1) is 0 Å². The van der Waals surface area contributed by atoms with Crippen molar-refractivity contribution in [3.63, 3.8) is 0 Å². The molecule has 2 heterocycles. The minimum absolute atomic E-state index is 0.277. The monoisotopic (exact) mass is 620 g/mol. The largest absolute Gasteiger partial charge is 0.466 e. The molecule has 0 saturated heterocycles. The van der Waals surface area contributed by atoms with Gasteiger partial charge in [0, 0.05) is 45.7 Å². The molecule has 2 aromatic rings. The molecule has 0 aliphatic carbocycles.